The normalized spacial score (nSPS) is 27.2. The Kier molecular flexibility index (Phi) is 5.87. The van der Waals surface area contributed by atoms with Gasteiger partial charge in [-0.25, -0.2) is 4.99 Å². The lowest BCUT2D eigenvalue weighted by Crippen LogP contribution is -2.47. The van der Waals surface area contributed by atoms with Gasteiger partial charge in [0.15, 0.2) is 11.8 Å². The number of nitrogens with zero attached hydrogens (tertiary/aromatic N) is 5. The van der Waals surface area contributed by atoms with Gasteiger partial charge in [-0.1, -0.05) is 6.92 Å². The molecule has 0 bridgehead atoms. The molecule has 2 unspecified atom stereocenters. The molecule has 7 nitrogen and oxygen atoms in total. The van der Waals surface area contributed by atoms with Crippen molar-refractivity contribution in [3.05, 3.63) is 11.6 Å². The van der Waals surface area contributed by atoms with E-state index in [-0.39, 0.29) is 24.0 Å². The van der Waals surface area contributed by atoms with E-state index in [1.165, 1.54) is 32.2 Å². The molecule has 2 aliphatic carbocycles. The van der Waals surface area contributed by atoms with E-state index in [1.807, 2.05) is 18.5 Å². The highest BCUT2D eigenvalue weighted by Crippen LogP contribution is 2.31. The Morgan fingerprint density at radius 3 is 2.52 bits per heavy atom. The van der Waals surface area contributed by atoms with Crippen molar-refractivity contribution >= 4 is 29.9 Å². The maximum Gasteiger partial charge on any atom is 0.192 e. The van der Waals surface area contributed by atoms with Crippen molar-refractivity contribution in [1.29, 1.82) is 0 Å². The van der Waals surface area contributed by atoms with Gasteiger partial charge in [0.05, 0.1) is 0 Å². The Hall–Kier alpha value is -0.900. The second-order valence-corrected chi connectivity index (χ2v) is 7.72. The van der Waals surface area contributed by atoms with Crippen LogP contribution < -0.4 is 10.6 Å². The van der Waals surface area contributed by atoms with Crippen LogP contribution in [0.15, 0.2) is 4.99 Å². The predicted octanol–water partition coefficient (Wildman–Crippen LogP) is 1.42. The Labute approximate surface area is 167 Å². The van der Waals surface area contributed by atoms with Crippen LogP contribution in [0.4, 0.5) is 0 Å². The molecule has 4 rings (SSSR count). The number of aliphatic imine (C=N–C) groups is 1. The minimum atomic E-state index is 0. The maximum atomic E-state index is 4.78. The van der Waals surface area contributed by atoms with Crippen LogP contribution in [0.3, 0.4) is 0 Å². The minimum absolute atomic E-state index is 0. The van der Waals surface area contributed by atoms with E-state index in [2.05, 4.69) is 32.7 Å². The Morgan fingerprint density at radius 2 is 1.92 bits per heavy atom. The largest absolute Gasteiger partial charge is 0.354 e. The summed E-state index contributed by atoms with van der Waals surface area (Å²) in [5.74, 6) is 3.43. The molecule has 1 aromatic rings. The molecule has 1 aromatic heterocycles. The number of likely N-dealkylation sites (tertiary alicyclic amines) is 1. The topological polar surface area (TPSA) is 70.4 Å². The average molecular weight is 459 g/mol. The first-order chi connectivity index (χ1) is 11.6. The summed E-state index contributed by atoms with van der Waals surface area (Å²) in [5, 5.41) is 15.6. The van der Waals surface area contributed by atoms with Crippen LogP contribution in [-0.4, -0.2) is 56.8 Å². The van der Waals surface area contributed by atoms with Crippen molar-refractivity contribution in [3.63, 3.8) is 0 Å². The van der Waals surface area contributed by atoms with Gasteiger partial charge in [-0.15, -0.1) is 34.2 Å². The van der Waals surface area contributed by atoms with E-state index in [1.54, 1.807) is 0 Å². The molecule has 2 atom stereocenters. The molecule has 0 radical (unpaired) electrons. The maximum absolute atomic E-state index is 4.78. The van der Waals surface area contributed by atoms with Gasteiger partial charge in [-0.3, -0.25) is 4.90 Å². The van der Waals surface area contributed by atoms with Crippen molar-refractivity contribution in [3.8, 4) is 0 Å². The van der Waals surface area contributed by atoms with Crippen LogP contribution in [-0.2, 0) is 13.6 Å². The van der Waals surface area contributed by atoms with Crippen molar-refractivity contribution in [1.82, 2.24) is 30.3 Å². The Bertz CT molecular complexity index is 621. The van der Waals surface area contributed by atoms with Gasteiger partial charge in [0.25, 0.3) is 0 Å². The van der Waals surface area contributed by atoms with E-state index in [4.69, 9.17) is 4.99 Å². The summed E-state index contributed by atoms with van der Waals surface area (Å²) < 4.78 is 2.01. The molecule has 3 fully saturated rings. The van der Waals surface area contributed by atoms with Gasteiger partial charge in [0.2, 0.25) is 0 Å². The molecule has 1 saturated heterocycles. The number of guanidine groups is 1. The van der Waals surface area contributed by atoms with Gasteiger partial charge in [-0.2, -0.15) is 0 Å². The van der Waals surface area contributed by atoms with Gasteiger partial charge in [-0.05, 0) is 38.5 Å². The minimum Gasteiger partial charge on any atom is -0.354 e. The molecular weight excluding hydrogens is 429 g/mol. The second kappa shape index (κ2) is 7.77. The fourth-order valence-electron chi connectivity index (χ4n) is 3.40. The zero-order chi connectivity index (χ0) is 16.7. The molecule has 8 heteroatoms. The van der Waals surface area contributed by atoms with Crippen molar-refractivity contribution < 1.29 is 0 Å². The summed E-state index contributed by atoms with van der Waals surface area (Å²) in [7, 11) is 1.99. The molecule has 0 amide bonds. The third-order valence-electron chi connectivity index (χ3n) is 5.51. The molecule has 2 saturated carbocycles. The first kappa shape index (κ1) is 18.9. The van der Waals surface area contributed by atoms with Crippen molar-refractivity contribution in [2.24, 2.45) is 18.0 Å². The smallest absolute Gasteiger partial charge is 0.192 e. The zero-order valence-corrected chi connectivity index (χ0v) is 17.7. The van der Waals surface area contributed by atoms with Gasteiger partial charge >= 0.3 is 0 Å². The quantitative estimate of drug-likeness (QED) is 0.396. The Morgan fingerprint density at radius 1 is 1.16 bits per heavy atom. The monoisotopic (exact) mass is 459 g/mol. The molecular formula is C17H30IN7. The lowest BCUT2D eigenvalue weighted by Gasteiger charge is -2.20. The summed E-state index contributed by atoms with van der Waals surface area (Å²) in [6, 6.07) is 1.92. The first-order valence-corrected chi connectivity index (χ1v) is 9.26. The predicted molar refractivity (Wildman–Crippen MR) is 109 cm³/mol. The fraction of sp³-hybridized carbons (Fsp3) is 0.824. The number of aromatic nitrogens is 3. The molecule has 3 aliphatic rings. The summed E-state index contributed by atoms with van der Waals surface area (Å²) in [4.78, 5) is 7.43. The molecule has 140 valence electrons. The van der Waals surface area contributed by atoms with Crippen molar-refractivity contribution in [2.45, 2.75) is 64.2 Å². The summed E-state index contributed by atoms with van der Waals surface area (Å²) in [6.45, 7) is 7.23. The van der Waals surface area contributed by atoms with Gasteiger partial charge in [0, 0.05) is 38.3 Å². The van der Waals surface area contributed by atoms with Crippen LogP contribution in [0, 0.1) is 12.8 Å². The number of nitrogens with one attached hydrogen (secondary N) is 2. The molecule has 2 N–H and O–H groups in total. The molecule has 0 aromatic carbocycles. The van der Waals surface area contributed by atoms with Crippen LogP contribution in [0.25, 0.3) is 0 Å². The number of hydrogen-bond acceptors (Lipinski definition) is 4. The van der Waals surface area contributed by atoms with E-state index in [0.717, 1.165) is 30.2 Å². The molecule has 1 aliphatic heterocycles. The first-order valence-electron chi connectivity index (χ1n) is 9.26. The highest BCUT2D eigenvalue weighted by molar-refractivity contribution is 14.0. The second-order valence-electron chi connectivity index (χ2n) is 7.72. The summed E-state index contributed by atoms with van der Waals surface area (Å²) in [6.07, 6.45) is 5.26. The molecule has 2 heterocycles. The summed E-state index contributed by atoms with van der Waals surface area (Å²) >= 11 is 0. The van der Waals surface area contributed by atoms with E-state index in [0.29, 0.717) is 24.5 Å². The van der Waals surface area contributed by atoms with Crippen molar-refractivity contribution in [2.75, 3.05) is 13.1 Å². The standard InChI is InChI=1S/C17H29N7.HI/c1-11-9-24(14-6-7-14)10-15(11)20-17(19-13-4-5-13)18-8-16-22-21-12(2)23(16)3;/h11,13-15H,4-10H2,1-3H3,(H2,18,19,20);1H. The van der Waals surface area contributed by atoms with E-state index < -0.39 is 0 Å². The molecule has 25 heavy (non-hydrogen) atoms. The number of halogens is 1. The summed E-state index contributed by atoms with van der Waals surface area (Å²) in [5.41, 5.74) is 0. The fourth-order valence-corrected chi connectivity index (χ4v) is 3.40. The third-order valence-corrected chi connectivity index (χ3v) is 5.51. The lowest BCUT2D eigenvalue weighted by atomic mass is 10.1. The van der Waals surface area contributed by atoms with E-state index >= 15 is 0 Å². The van der Waals surface area contributed by atoms with Gasteiger partial charge in [0.1, 0.15) is 12.4 Å². The average Bonchev–Trinajstić information content (AvgIpc) is 3.47. The van der Waals surface area contributed by atoms with Gasteiger partial charge < -0.3 is 15.2 Å². The lowest BCUT2D eigenvalue weighted by molar-refractivity contribution is 0.315. The van der Waals surface area contributed by atoms with Crippen LogP contribution >= 0.6 is 24.0 Å². The number of rotatable bonds is 5. The number of aryl methyl sites for hydroxylation is 1. The SMILES string of the molecule is Cc1nnc(CN=C(NC2CC2)NC2CN(C3CC3)CC2C)n1C.I. The zero-order valence-electron chi connectivity index (χ0n) is 15.4. The number of hydrogen-bond donors (Lipinski definition) is 2. The van der Waals surface area contributed by atoms with Crippen LogP contribution in [0.5, 0.6) is 0 Å². The van der Waals surface area contributed by atoms with E-state index in [9.17, 15) is 0 Å². The Balaban J connectivity index is 0.00000182. The molecule has 0 spiro atoms. The highest BCUT2D eigenvalue weighted by atomic mass is 127. The van der Waals surface area contributed by atoms with Crippen LogP contribution in [0.2, 0.25) is 0 Å². The highest BCUT2D eigenvalue weighted by Gasteiger charge is 2.38. The van der Waals surface area contributed by atoms with Crippen LogP contribution in [0.1, 0.15) is 44.3 Å². The third kappa shape index (κ3) is 4.64.